The maximum absolute atomic E-state index is 10.1. The molecule has 0 radical (unpaired) electrons. The standard InChI is InChI=1S/C44H26BN5.C44H28BN5.C43H27BN4/c46-27-29-19-21-40-36(23-29)45-37-24-30(28-47)20-22-41(37)49(32-13-5-2-6-14-32)43-26-33(25-42(44(43)45)48(40)31-11-3-1-4-12-31)50-38-17-9-7-15-34(38)35-16-8-10-18-39(35)50;46-29-31-21-23-40-38(25-31)45-39-26-32(30-47)22-24-41(39)50(36-19-11-4-12-20-36)43-28-37(27-42(44(43)45)49(40)35-17-9-3-10-18-35)48(33-13-5-1-6-14-33)34-15-7-2-8-16-34;45-28-29-23-24-40-36(25-29)44-35-19-9-12-22-39(35)46(30-13-3-1-4-14-30)41-26-32(27-42(43(41)44)47(40)31-15-5-2-6-16-31)48-37-20-10-7-17-33(37)34-18-8-11-21-38(34)48/h1-26H;1-28H;1-27H. The van der Waals surface area contributed by atoms with Gasteiger partial charge in [-0.25, -0.2) is 0 Å². The fraction of sp³-hybridized carbons (Fsp3) is 0. The summed E-state index contributed by atoms with van der Waals surface area (Å²) in [5.74, 6) is 0. The second kappa shape index (κ2) is 35.6. The summed E-state index contributed by atoms with van der Waals surface area (Å²) in [4.78, 5) is 16.4. The van der Waals surface area contributed by atoms with Crippen molar-refractivity contribution in [1.82, 2.24) is 9.13 Å². The van der Waals surface area contributed by atoms with Gasteiger partial charge >= 0.3 is 0 Å². The largest absolute Gasteiger partial charge is 0.311 e. The van der Waals surface area contributed by atoms with E-state index in [1.165, 1.54) is 43.5 Å². The quantitative estimate of drug-likeness (QED) is 0.113. The summed E-state index contributed by atoms with van der Waals surface area (Å²) in [6, 6.07) is 183. The highest BCUT2D eigenvalue weighted by molar-refractivity contribution is 7.02. The Morgan fingerprint density at radius 2 is 0.365 bits per heavy atom. The summed E-state index contributed by atoms with van der Waals surface area (Å²) >= 11 is 0. The van der Waals surface area contributed by atoms with Crippen LogP contribution < -0.4 is 83.5 Å². The van der Waals surface area contributed by atoms with E-state index in [1.54, 1.807) is 0 Å². The second-order valence-electron chi connectivity index (χ2n) is 37.7. The molecule has 8 heterocycles. The van der Waals surface area contributed by atoms with Crippen molar-refractivity contribution in [3.63, 3.8) is 0 Å². The van der Waals surface area contributed by atoms with Crippen LogP contribution in [0.15, 0.2) is 491 Å². The van der Waals surface area contributed by atoms with Crippen LogP contribution in [0.1, 0.15) is 27.8 Å². The van der Waals surface area contributed by atoms with Crippen molar-refractivity contribution in [2.75, 3.05) is 34.3 Å². The molecule has 0 saturated carbocycles. The predicted molar refractivity (Wildman–Crippen MR) is 608 cm³/mol. The number of benzene rings is 21. The number of nitriles is 5. The average molecular weight is 1880 g/mol. The summed E-state index contributed by atoms with van der Waals surface area (Å²) in [5, 5.41) is 55.4. The number of nitrogens with zero attached hydrogens (tertiary/aromatic N) is 14. The van der Waals surface area contributed by atoms with Gasteiger partial charge in [0.2, 0.25) is 0 Å². The lowest BCUT2D eigenvalue weighted by molar-refractivity contribution is 1.16. The lowest BCUT2D eigenvalue weighted by Crippen LogP contribution is -2.61. The second-order valence-corrected chi connectivity index (χ2v) is 37.7. The Kier molecular flexibility index (Phi) is 20.8. The maximum atomic E-state index is 10.1. The first-order valence-electron chi connectivity index (χ1n) is 49.6. The molecule has 0 N–H and O–H groups in total. The fourth-order valence-corrected chi connectivity index (χ4v) is 23.8. The number of fused-ring (bicyclic) bond motifs is 18. The molecule has 684 valence electrons. The Morgan fingerprint density at radius 1 is 0.162 bits per heavy atom. The maximum Gasteiger partial charge on any atom is 0.252 e. The van der Waals surface area contributed by atoms with Crippen LogP contribution in [0.4, 0.5) is 119 Å². The van der Waals surface area contributed by atoms with Crippen LogP contribution in [0.3, 0.4) is 0 Å². The Labute approximate surface area is 857 Å². The molecule has 6 aliphatic rings. The van der Waals surface area contributed by atoms with Gasteiger partial charge in [-0.2, -0.15) is 26.3 Å². The lowest BCUT2D eigenvalue weighted by Gasteiger charge is -2.45. The molecule has 29 rings (SSSR count). The van der Waals surface area contributed by atoms with Crippen molar-refractivity contribution < 1.29 is 0 Å². The summed E-state index contributed by atoms with van der Waals surface area (Å²) in [5.41, 5.74) is 41.9. The Hall–Kier alpha value is -20.5. The molecule has 21 aromatic carbocycles. The van der Waals surface area contributed by atoms with Gasteiger partial charge < -0.3 is 43.4 Å². The first-order chi connectivity index (χ1) is 73.3. The van der Waals surface area contributed by atoms with Gasteiger partial charge in [0.25, 0.3) is 20.1 Å². The SMILES string of the molecule is N#Cc1ccc2c(c1)B1c3cc(C#N)ccc3N(c3ccccc3)c3cc(-n4c5ccccc5c5ccccc54)cc(c31)N2c1ccccc1.N#Cc1ccc2c(c1)B1c3cc(C#N)ccc3N(c3ccccc3)c3cc(N(c4ccccc4)c4ccccc4)cc(c31)N2c1ccccc1.N#Cc1ccc2c(c1)B1c3ccccc3N(c3ccccc3)c3cc(-n4c5ccccc5c5ccccc54)cc(c31)N2c1ccccc1. The van der Waals surface area contributed by atoms with Crippen molar-refractivity contribution in [2.24, 2.45) is 0 Å². The van der Waals surface area contributed by atoms with Crippen LogP contribution in [-0.2, 0) is 0 Å². The smallest absolute Gasteiger partial charge is 0.252 e. The van der Waals surface area contributed by atoms with E-state index in [-0.39, 0.29) is 20.1 Å². The molecule has 0 unspecified atom stereocenters. The first-order valence-corrected chi connectivity index (χ1v) is 49.6. The third-order valence-corrected chi connectivity index (χ3v) is 29.8. The van der Waals surface area contributed by atoms with Crippen molar-refractivity contribution in [2.45, 2.75) is 0 Å². The zero-order valence-corrected chi connectivity index (χ0v) is 79.8. The van der Waals surface area contributed by atoms with E-state index >= 15 is 0 Å². The average Bonchev–Trinajstić information content (AvgIpc) is 0.865. The van der Waals surface area contributed by atoms with Gasteiger partial charge in [0.05, 0.1) is 97.3 Å². The monoisotopic (exact) mass is 1880 g/mol. The number of para-hydroxylation sites is 13. The Morgan fingerprint density at radius 3 is 0.615 bits per heavy atom. The van der Waals surface area contributed by atoms with Crippen LogP contribution in [0, 0.1) is 56.7 Å². The third kappa shape index (κ3) is 13.9. The van der Waals surface area contributed by atoms with E-state index in [9.17, 15) is 26.3 Å². The van der Waals surface area contributed by atoms with Gasteiger partial charge in [-0.15, -0.1) is 0 Å². The van der Waals surface area contributed by atoms with Gasteiger partial charge in [0, 0.05) is 135 Å². The minimum absolute atomic E-state index is 0.0541. The van der Waals surface area contributed by atoms with E-state index in [0.717, 1.165) is 180 Å². The molecule has 23 aromatic rings. The molecule has 0 amide bonds. The van der Waals surface area contributed by atoms with Crippen LogP contribution in [0.2, 0.25) is 0 Å². The summed E-state index contributed by atoms with van der Waals surface area (Å²) in [6.45, 7) is -0.483. The van der Waals surface area contributed by atoms with Crippen LogP contribution >= 0.6 is 0 Å². The highest BCUT2D eigenvalue weighted by atomic mass is 15.2. The Bertz CT molecular complexity index is 9150. The van der Waals surface area contributed by atoms with Gasteiger partial charge in [0.15, 0.2) is 0 Å². The third-order valence-electron chi connectivity index (χ3n) is 29.8. The molecule has 2 aromatic heterocycles. The Balaban J connectivity index is 0.000000110. The van der Waals surface area contributed by atoms with Crippen molar-refractivity contribution in [3.05, 3.63) is 519 Å². The number of hydrogen-bond donors (Lipinski definition) is 0. The van der Waals surface area contributed by atoms with E-state index in [4.69, 9.17) is 0 Å². The minimum atomic E-state index is -0.220. The molecule has 148 heavy (non-hydrogen) atoms. The number of rotatable bonds is 11. The molecular formula is C131H81B3N14. The molecule has 0 aliphatic carbocycles. The van der Waals surface area contributed by atoms with Gasteiger partial charge in [-0.1, -0.05) is 237 Å². The summed E-state index contributed by atoms with van der Waals surface area (Å²) in [7, 11) is 0. The van der Waals surface area contributed by atoms with Gasteiger partial charge in [-0.05, 0) is 304 Å². The molecule has 6 aliphatic heterocycles. The van der Waals surface area contributed by atoms with Crippen molar-refractivity contribution >= 4 is 232 Å². The van der Waals surface area contributed by atoms with Gasteiger partial charge in [0.1, 0.15) is 0 Å². The normalized spacial score (nSPS) is 12.6. The van der Waals surface area contributed by atoms with E-state index in [0.29, 0.717) is 27.8 Å². The molecule has 0 saturated heterocycles. The predicted octanol–water partition coefficient (Wildman–Crippen LogP) is 26.3. The summed E-state index contributed by atoms with van der Waals surface area (Å²) < 4.78 is 4.79. The topological polar surface area (TPSA) is 151 Å². The molecule has 0 atom stereocenters. The molecule has 17 heteroatoms. The molecule has 0 spiro atoms. The van der Waals surface area contributed by atoms with Crippen molar-refractivity contribution in [1.29, 1.82) is 26.3 Å². The molecule has 0 bridgehead atoms. The van der Waals surface area contributed by atoms with Gasteiger partial charge in [-0.3, -0.25) is 0 Å². The van der Waals surface area contributed by atoms with Crippen LogP contribution in [0.5, 0.6) is 0 Å². The van der Waals surface area contributed by atoms with E-state index in [2.05, 4.69) is 474 Å². The summed E-state index contributed by atoms with van der Waals surface area (Å²) in [6.07, 6.45) is 0. The molecule has 0 fully saturated rings. The van der Waals surface area contributed by atoms with Crippen molar-refractivity contribution in [3.8, 4) is 41.7 Å². The van der Waals surface area contributed by atoms with E-state index in [1.807, 2.05) is 91.0 Å². The minimum Gasteiger partial charge on any atom is -0.311 e. The lowest BCUT2D eigenvalue weighted by atomic mass is 9.33. The highest BCUT2D eigenvalue weighted by Gasteiger charge is 2.49. The zero-order valence-electron chi connectivity index (χ0n) is 79.8. The number of aromatic nitrogens is 2. The van der Waals surface area contributed by atoms with Crippen LogP contribution in [-0.4, -0.2) is 29.3 Å². The number of anilines is 21. The fourth-order valence-electron chi connectivity index (χ4n) is 23.8. The molecular weight excluding hydrogens is 1800 g/mol. The highest BCUT2D eigenvalue weighted by Crippen LogP contribution is 2.53. The van der Waals surface area contributed by atoms with Crippen LogP contribution in [0.25, 0.3) is 55.0 Å². The zero-order chi connectivity index (χ0) is 98.7. The molecule has 14 nitrogen and oxygen atoms in total. The van der Waals surface area contributed by atoms with E-state index < -0.39 is 0 Å². The number of hydrogen-bond acceptors (Lipinski definition) is 12. The first kappa shape index (κ1) is 86.6.